The molecule has 3 aliphatic rings. The highest BCUT2D eigenvalue weighted by Gasteiger charge is 2.39. The van der Waals surface area contributed by atoms with Crippen LogP contribution in [0.5, 0.6) is 0 Å². The number of nitrogens with zero attached hydrogens (tertiary/aromatic N) is 2. The topological polar surface area (TPSA) is 107 Å². The van der Waals surface area contributed by atoms with E-state index in [0.717, 1.165) is 53.0 Å². The molecule has 0 spiro atoms. The van der Waals surface area contributed by atoms with Crippen LogP contribution in [0, 0.1) is 23.5 Å². The van der Waals surface area contributed by atoms with Gasteiger partial charge in [-0.05, 0) is 62.1 Å². The van der Waals surface area contributed by atoms with Gasteiger partial charge in [-0.15, -0.1) is 11.3 Å². The smallest absolute Gasteiger partial charge is 0.280 e. The van der Waals surface area contributed by atoms with Gasteiger partial charge in [0.05, 0.1) is 29.2 Å². The van der Waals surface area contributed by atoms with Crippen LogP contribution in [0.2, 0.25) is 0 Å². The number of benzene rings is 1. The number of nitrogens with two attached hydrogens (primary N) is 1. The number of morpholine rings is 1. The molecular weight excluding hydrogens is 572 g/mol. The molecule has 1 aromatic heterocycles. The minimum Gasteiger partial charge on any atom is -0.381 e. The molecule has 2 aromatic carbocycles. The van der Waals surface area contributed by atoms with Crippen molar-refractivity contribution in [2.24, 2.45) is 17.1 Å². The number of primary amides is 1. The molecular formula is C35H44N4O4S. The fourth-order valence-corrected chi connectivity index (χ4v) is 8.05. The molecule has 8 nitrogen and oxygen atoms in total. The zero-order valence-electron chi connectivity index (χ0n) is 26.0. The highest BCUT2D eigenvalue weighted by Crippen LogP contribution is 2.39. The zero-order chi connectivity index (χ0) is 30.7. The van der Waals surface area contributed by atoms with Crippen molar-refractivity contribution in [1.82, 2.24) is 15.2 Å². The van der Waals surface area contributed by atoms with Gasteiger partial charge in [0, 0.05) is 49.3 Å². The first-order valence-electron chi connectivity index (χ1n) is 16.1. The van der Waals surface area contributed by atoms with Gasteiger partial charge in [0.25, 0.3) is 5.91 Å². The standard InChI is InChI=1S/C35H44N4O4S/c1-34(2)23-43-19-16-39(34)21-25-12-13-28(27-11-7-6-10-26(25)27)30-29(20-24-8-4-3-5-9-24)38-32(44-30)31(40)37-22-35(33(36)41)14-17-42-18-15-35/h7,11-13,24H,3-5,8-9,14-23H2,1-2H3,(H2,36,41)(H,37,40). The first kappa shape index (κ1) is 31.0. The van der Waals surface area contributed by atoms with Gasteiger partial charge in [0.15, 0.2) is 5.01 Å². The van der Waals surface area contributed by atoms with Crippen LogP contribution in [-0.4, -0.2) is 66.8 Å². The number of hydrogen-bond donors (Lipinski definition) is 2. The number of amides is 2. The average Bonchev–Trinajstić information content (AvgIpc) is 3.45. The highest BCUT2D eigenvalue weighted by molar-refractivity contribution is 7.17. The molecule has 234 valence electrons. The third kappa shape index (κ3) is 6.50. The van der Waals surface area contributed by atoms with Crippen LogP contribution in [0.25, 0.3) is 21.2 Å². The van der Waals surface area contributed by atoms with Gasteiger partial charge in [0.2, 0.25) is 5.91 Å². The average molecular weight is 617 g/mol. The van der Waals surface area contributed by atoms with E-state index in [1.165, 1.54) is 49.0 Å². The molecule has 3 heterocycles. The Morgan fingerprint density at radius 2 is 1.91 bits per heavy atom. The van der Waals surface area contributed by atoms with Gasteiger partial charge in [-0.25, -0.2) is 4.98 Å². The molecule has 6 rings (SSSR count). The summed E-state index contributed by atoms with van der Waals surface area (Å²) in [6.45, 7) is 8.72. The quantitative estimate of drug-likeness (QED) is 0.338. The van der Waals surface area contributed by atoms with Gasteiger partial charge in [-0.3, -0.25) is 14.5 Å². The maximum Gasteiger partial charge on any atom is 0.280 e. The van der Waals surface area contributed by atoms with E-state index in [-0.39, 0.29) is 23.9 Å². The second-order valence-corrected chi connectivity index (χ2v) is 14.4. The number of hydrogen-bond acceptors (Lipinski definition) is 7. The van der Waals surface area contributed by atoms with Gasteiger partial charge < -0.3 is 20.5 Å². The van der Waals surface area contributed by atoms with E-state index in [1.54, 1.807) is 0 Å². The predicted molar refractivity (Wildman–Crippen MR) is 172 cm³/mol. The molecule has 1 aliphatic carbocycles. The Morgan fingerprint density at radius 3 is 2.66 bits per heavy atom. The summed E-state index contributed by atoms with van der Waals surface area (Å²) >= 11 is 1.44. The largest absolute Gasteiger partial charge is 0.381 e. The third-order valence-electron chi connectivity index (χ3n) is 9.94. The number of thiazole rings is 1. The Balaban J connectivity index is 1.33. The molecule has 2 amide bonds. The minimum absolute atomic E-state index is 0.0490. The molecule has 3 aromatic rings. The van der Waals surface area contributed by atoms with Gasteiger partial charge in [-0.1, -0.05) is 56.4 Å². The van der Waals surface area contributed by atoms with E-state index in [2.05, 4.69) is 54.4 Å². The maximum absolute atomic E-state index is 13.6. The van der Waals surface area contributed by atoms with Crippen LogP contribution in [0.4, 0.5) is 0 Å². The molecule has 3 fully saturated rings. The Bertz CT molecular complexity index is 1490. The number of rotatable bonds is 9. The maximum atomic E-state index is 13.6. The van der Waals surface area contributed by atoms with E-state index < -0.39 is 5.41 Å². The number of nitrogens with one attached hydrogen (secondary N) is 1. The monoisotopic (exact) mass is 616 g/mol. The number of carbonyl (C=O) groups excluding carboxylic acids is 2. The fraction of sp³-hybridized carbons (Fsp3) is 0.571. The van der Waals surface area contributed by atoms with Crippen molar-refractivity contribution in [3.8, 4) is 10.4 Å². The lowest BCUT2D eigenvalue weighted by Crippen LogP contribution is -2.52. The molecule has 2 aliphatic heterocycles. The molecule has 1 saturated carbocycles. The van der Waals surface area contributed by atoms with Crippen molar-refractivity contribution in [1.29, 1.82) is 0 Å². The van der Waals surface area contributed by atoms with E-state index >= 15 is 0 Å². The Hall–Kier alpha value is -3.03. The third-order valence-corrected chi connectivity index (χ3v) is 11.1. The normalized spacial score (nSPS) is 20.7. The summed E-state index contributed by atoms with van der Waals surface area (Å²) in [6.07, 6.45) is 8.04. The lowest BCUT2D eigenvalue weighted by atomic mass is 9.79. The second-order valence-electron chi connectivity index (χ2n) is 13.4. The Kier molecular flexibility index (Phi) is 9.25. The van der Waals surface area contributed by atoms with Crippen LogP contribution in [0.3, 0.4) is 0 Å². The fourth-order valence-electron chi connectivity index (χ4n) is 7.00. The first-order valence-corrected chi connectivity index (χ1v) is 16.9. The number of carbonyl (C=O) groups is 2. The van der Waals surface area contributed by atoms with Crippen LogP contribution < -0.4 is 11.1 Å². The van der Waals surface area contributed by atoms with Crippen molar-refractivity contribution >= 4 is 33.9 Å². The van der Waals surface area contributed by atoms with Crippen molar-refractivity contribution in [2.75, 3.05) is 39.5 Å². The van der Waals surface area contributed by atoms with Crippen LogP contribution in [0.1, 0.15) is 79.9 Å². The highest BCUT2D eigenvalue weighted by atomic mass is 32.1. The van der Waals surface area contributed by atoms with Crippen molar-refractivity contribution in [2.45, 2.75) is 77.3 Å². The van der Waals surface area contributed by atoms with Crippen molar-refractivity contribution in [3.05, 3.63) is 52.7 Å². The summed E-state index contributed by atoms with van der Waals surface area (Å²) in [7, 11) is 0. The van der Waals surface area contributed by atoms with Crippen LogP contribution in [0.15, 0.2) is 24.3 Å². The second kappa shape index (κ2) is 13.1. The molecule has 2 saturated heterocycles. The number of ether oxygens (including phenoxy) is 2. The van der Waals surface area contributed by atoms with E-state index in [1.807, 2.05) is 6.07 Å². The summed E-state index contributed by atoms with van der Waals surface area (Å²) in [6, 6.07) is 15.0. The zero-order valence-corrected chi connectivity index (χ0v) is 26.8. The SMILES string of the molecule is CC1(C)COCCN1Cc1ccc(-c2sc(C(=O)NCC3(C(N)=O)CCOCC3)nc2CC2CCCCC2)c2ccc#cc12. The Labute approximate surface area is 264 Å². The summed E-state index contributed by atoms with van der Waals surface area (Å²) in [5.41, 5.74) is 8.24. The van der Waals surface area contributed by atoms with Crippen LogP contribution >= 0.6 is 11.3 Å². The summed E-state index contributed by atoms with van der Waals surface area (Å²) in [4.78, 5) is 34.5. The van der Waals surface area contributed by atoms with Gasteiger partial charge >= 0.3 is 0 Å². The number of fused-ring (bicyclic) bond motifs is 1. The van der Waals surface area contributed by atoms with Crippen molar-refractivity contribution in [3.63, 3.8) is 0 Å². The lowest BCUT2D eigenvalue weighted by Gasteiger charge is -2.42. The van der Waals surface area contributed by atoms with Gasteiger partial charge in [0.1, 0.15) is 0 Å². The van der Waals surface area contributed by atoms with E-state index in [4.69, 9.17) is 20.2 Å². The molecule has 0 bridgehead atoms. The predicted octanol–water partition coefficient (Wildman–Crippen LogP) is 5.31. The molecule has 0 radical (unpaired) electrons. The first-order chi connectivity index (χ1) is 21.3. The summed E-state index contributed by atoms with van der Waals surface area (Å²) in [5.74, 6) is -0.0810. The molecule has 9 heteroatoms. The Morgan fingerprint density at radius 1 is 1.11 bits per heavy atom. The number of aromatic nitrogens is 1. The van der Waals surface area contributed by atoms with Gasteiger partial charge in [-0.2, -0.15) is 0 Å². The molecule has 3 N–H and O–H groups in total. The molecule has 0 unspecified atom stereocenters. The summed E-state index contributed by atoms with van der Waals surface area (Å²) < 4.78 is 11.2. The van der Waals surface area contributed by atoms with Crippen molar-refractivity contribution < 1.29 is 19.1 Å². The van der Waals surface area contributed by atoms with Crippen LogP contribution in [-0.2, 0) is 27.2 Å². The molecule has 44 heavy (non-hydrogen) atoms. The molecule has 0 atom stereocenters. The van der Waals surface area contributed by atoms with E-state index in [0.29, 0.717) is 43.6 Å². The minimum atomic E-state index is -0.785. The van der Waals surface area contributed by atoms with E-state index in [9.17, 15) is 9.59 Å². The summed E-state index contributed by atoms with van der Waals surface area (Å²) in [5, 5.41) is 5.59. The lowest BCUT2D eigenvalue weighted by molar-refractivity contribution is -0.132.